The summed E-state index contributed by atoms with van der Waals surface area (Å²) in [6.07, 6.45) is 0. The summed E-state index contributed by atoms with van der Waals surface area (Å²) in [6, 6.07) is 13.0. The SMILES string of the molecule is Cc1csc(NC(=O)C(C)Sc2ccc(NC(=O)c3ccccc3C(=O)O)cc2)n1. The summed E-state index contributed by atoms with van der Waals surface area (Å²) in [6.45, 7) is 3.67. The van der Waals surface area contributed by atoms with Crippen molar-refractivity contribution < 1.29 is 19.5 Å². The lowest BCUT2D eigenvalue weighted by Gasteiger charge is -2.11. The second-order valence-corrected chi connectivity index (χ2v) is 8.64. The van der Waals surface area contributed by atoms with Crippen molar-refractivity contribution in [3.05, 3.63) is 70.7 Å². The van der Waals surface area contributed by atoms with Crippen LogP contribution in [0.4, 0.5) is 10.8 Å². The van der Waals surface area contributed by atoms with Crippen molar-refractivity contribution in [2.45, 2.75) is 24.0 Å². The first kappa shape index (κ1) is 21.5. The minimum atomic E-state index is -1.16. The van der Waals surface area contributed by atoms with Gasteiger partial charge in [-0.25, -0.2) is 9.78 Å². The molecule has 154 valence electrons. The average Bonchev–Trinajstić information content (AvgIpc) is 3.13. The van der Waals surface area contributed by atoms with Crippen LogP contribution in [0.15, 0.2) is 58.8 Å². The van der Waals surface area contributed by atoms with Crippen LogP contribution in [0, 0.1) is 6.92 Å². The molecule has 0 aliphatic rings. The molecule has 0 aliphatic heterocycles. The Morgan fingerprint density at radius 2 is 1.70 bits per heavy atom. The summed E-state index contributed by atoms with van der Waals surface area (Å²) in [4.78, 5) is 41.1. The number of carboxylic acids is 1. The smallest absolute Gasteiger partial charge is 0.336 e. The quantitative estimate of drug-likeness (QED) is 0.465. The Balaban J connectivity index is 1.60. The molecule has 3 rings (SSSR count). The number of hydrogen-bond donors (Lipinski definition) is 3. The van der Waals surface area contributed by atoms with Crippen molar-refractivity contribution in [3.63, 3.8) is 0 Å². The summed E-state index contributed by atoms with van der Waals surface area (Å²) < 4.78 is 0. The normalized spacial score (nSPS) is 11.5. The van der Waals surface area contributed by atoms with Crippen LogP contribution in [0.2, 0.25) is 0 Å². The third kappa shape index (κ3) is 5.46. The number of anilines is 2. The molecule has 9 heteroatoms. The molecule has 0 saturated heterocycles. The summed E-state index contributed by atoms with van der Waals surface area (Å²) in [5.74, 6) is -1.80. The summed E-state index contributed by atoms with van der Waals surface area (Å²) in [5.41, 5.74) is 1.42. The van der Waals surface area contributed by atoms with Crippen LogP contribution >= 0.6 is 23.1 Å². The lowest BCUT2D eigenvalue weighted by Crippen LogP contribution is -2.22. The molecule has 1 heterocycles. The Morgan fingerprint density at radius 1 is 1.03 bits per heavy atom. The molecule has 7 nitrogen and oxygen atoms in total. The largest absolute Gasteiger partial charge is 0.478 e. The van der Waals surface area contributed by atoms with Crippen LogP contribution in [0.3, 0.4) is 0 Å². The fourth-order valence-corrected chi connectivity index (χ4v) is 4.12. The Kier molecular flexibility index (Phi) is 6.86. The highest BCUT2D eigenvalue weighted by molar-refractivity contribution is 8.00. The molecule has 0 aliphatic carbocycles. The molecule has 3 N–H and O–H groups in total. The monoisotopic (exact) mass is 441 g/mol. The zero-order chi connectivity index (χ0) is 21.7. The Bertz CT molecular complexity index is 1080. The van der Waals surface area contributed by atoms with E-state index in [1.165, 1.54) is 35.2 Å². The first-order valence-corrected chi connectivity index (χ1v) is 10.7. The van der Waals surface area contributed by atoms with Gasteiger partial charge in [0, 0.05) is 16.0 Å². The van der Waals surface area contributed by atoms with Gasteiger partial charge in [-0.3, -0.25) is 9.59 Å². The molecule has 0 bridgehead atoms. The number of hydrogen-bond acceptors (Lipinski definition) is 6. The predicted molar refractivity (Wildman–Crippen MR) is 119 cm³/mol. The standard InChI is InChI=1S/C21H19N3O4S2/c1-12-11-29-21(22-12)24-18(25)13(2)30-15-9-7-14(8-10-15)23-19(26)16-5-3-4-6-17(16)20(27)28/h3-11,13H,1-2H3,(H,23,26)(H,27,28)(H,22,24,25). The van der Waals surface area contributed by atoms with Crippen molar-refractivity contribution in [1.82, 2.24) is 4.98 Å². The summed E-state index contributed by atoms with van der Waals surface area (Å²) in [5, 5.41) is 16.8. The number of nitrogens with one attached hydrogen (secondary N) is 2. The van der Waals surface area contributed by atoms with Gasteiger partial charge in [0.1, 0.15) is 0 Å². The van der Waals surface area contributed by atoms with Gasteiger partial charge in [-0.15, -0.1) is 23.1 Å². The van der Waals surface area contributed by atoms with E-state index in [-0.39, 0.29) is 22.3 Å². The Morgan fingerprint density at radius 3 is 2.30 bits per heavy atom. The van der Waals surface area contributed by atoms with Gasteiger partial charge < -0.3 is 15.7 Å². The Hall–Kier alpha value is -3.17. The van der Waals surface area contributed by atoms with Gasteiger partial charge >= 0.3 is 5.97 Å². The average molecular weight is 442 g/mol. The van der Waals surface area contributed by atoms with Crippen LogP contribution in [0.1, 0.15) is 33.3 Å². The minimum absolute atomic E-state index is 0.0579. The van der Waals surface area contributed by atoms with Gasteiger partial charge in [-0.05, 0) is 50.2 Å². The molecular formula is C21H19N3O4S2. The molecule has 0 radical (unpaired) electrons. The molecule has 1 aromatic heterocycles. The van der Waals surface area contributed by atoms with Gasteiger partial charge in [-0.2, -0.15) is 0 Å². The lowest BCUT2D eigenvalue weighted by atomic mass is 10.1. The summed E-state index contributed by atoms with van der Waals surface area (Å²) in [7, 11) is 0. The second kappa shape index (κ2) is 9.55. The molecular weight excluding hydrogens is 422 g/mol. The number of carbonyl (C=O) groups is 3. The van der Waals surface area contributed by atoms with Crippen molar-refractivity contribution in [2.24, 2.45) is 0 Å². The third-order valence-electron chi connectivity index (χ3n) is 4.05. The van der Waals surface area contributed by atoms with Crippen LogP contribution in [-0.4, -0.2) is 33.1 Å². The van der Waals surface area contributed by atoms with E-state index in [0.717, 1.165) is 10.6 Å². The number of aromatic carboxylic acids is 1. The van der Waals surface area contributed by atoms with E-state index in [2.05, 4.69) is 15.6 Å². The maximum atomic E-state index is 12.4. The fourth-order valence-electron chi connectivity index (χ4n) is 2.56. The molecule has 30 heavy (non-hydrogen) atoms. The number of carboxylic acid groups (broad SMARTS) is 1. The number of benzene rings is 2. The summed E-state index contributed by atoms with van der Waals surface area (Å²) >= 11 is 2.76. The van der Waals surface area contributed by atoms with E-state index in [4.69, 9.17) is 0 Å². The highest BCUT2D eigenvalue weighted by atomic mass is 32.2. The van der Waals surface area contributed by atoms with Crippen LogP contribution in [-0.2, 0) is 4.79 Å². The van der Waals surface area contributed by atoms with Gasteiger partial charge in [0.25, 0.3) is 5.91 Å². The Labute approximate surface area is 181 Å². The van der Waals surface area contributed by atoms with Crippen molar-refractivity contribution >= 4 is 51.7 Å². The van der Waals surface area contributed by atoms with Gasteiger partial charge in [0.15, 0.2) is 5.13 Å². The van der Waals surface area contributed by atoms with E-state index >= 15 is 0 Å². The second-order valence-electron chi connectivity index (χ2n) is 6.37. The fraction of sp³-hybridized carbons (Fsp3) is 0.143. The number of aromatic nitrogens is 1. The number of thioether (sulfide) groups is 1. The minimum Gasteiger partial charge on any atom is -0.478 e. The number of nitrogens with zero attached hydrogens (tertiary/aromatic N) is 1. The topological polar surface area (TPSA) is 108 Å². The first-order chi connectivity index (χ1) is 14.3. The molecule has 0 fully saturated rings. The van der Waals surface area contributed by atoms with Crippen LogP contribution < -0.4 is 10.6 Å². The number of aryl methyl sites for hydroxylation is 1. The lowest BCUT2D eigenvalue weighted by molar-refractivity contribution is -0.115. The van der Waals surface area contributed by atoms with Gasteiger partial charge in [0.05, 0.1) is 22.1 Å². The van der Waals surface area contributed by atoms with E-state index in [9.17, 15) is 19.5 Å². The van der Waals surface area contributed by atoms with E-state index in [1.54, 1.807) is 43.3 Å². The van der Waals surface area contributed by atoms with Crippen LogP contribution in [0.25, 0.3) is 0 Å². The van der Waals surface area contributed by atoms with Gasteiger partial charge in [-0.1, -0.05) is 12.1 Å². The molecule has 2 aromatic carbocycles. The molecule has 2 amide bonds. The first-order valence-electron chi connectivity index (χ1n) is 8.97. The zero-order valence-electron chi connectivity index (χ0n) is 16.2. The number of carbonyl (C=O) groups excluding carboxylic acids is 2. The molecule has 1 unspecified atom stereocenters. The number of rotatable bonds is 7. The van der Waals surface area contributed by atoms with Crippen LogP contribution in [0.5, 0.6) is 0 Å². The molecule has 0 spiro atoms. The van der Waals surface area contributed by atoms with Gasteiger partial charge in [0.2, 0.25) is 5.91 Å². The number of thiazole rings is 1. The maximum absolute atomic E-state index is 12.4. The van der Waals surface area contributed by atoms with Crippen molar-refractivity contribution in [3.8, 4) is 0 Å². The van der Waals surface area contributed by atoms with E-state index < -0.39 is 11.9 Å². The predicted octanol–water partition coefficient (Wildman–Crippen LogP) is 4.52. The molecule has 0 saturated carbocycles. The maximum Gasteiger partial charge on any atom is 0.336 e. The van der Waals surface area contributed by atoms with E-state index in [1.807, 2.05) is 12.3 Å². The zero-order valence-corrected chi connectivity index (χ0v) is 17.8. The highest BCUT2D eigenvalue weighted by Crippen LogP contribution is 2.26. The third-order valence-corrected chi connectivity index (χ3v) is 6.03. The molecule has 3 aromatic rings. The highest BCUT2D eigenvalue weighted by Gasteiger charge is 2.17. The molecule has 1 atom stereocenters. The van der Waals surface area contributed by atoms with Crippen molar-refractivity contribution in [2.75, 3.05) is 10.6 Å². The van der Waals surface area contributed by atoms with E-state index in [0.29, 0.717) is 10.8 Å². The van der Waals surface area contributed by atoms with Crippen molar-refractivity contribution in [1.29, 1.82) is 0 Å². The number of amides is 2.